The van der Waals surface area contributed by atoms with Gasteiger partial charge in [-0.25, -0.2) is 4.98 Å². The Balaban J connectivity index is 1.58. The molecule has 1 aromatic rings. The highest BCUT2D eigenvalue weighted by molar-refractivity contribution is 7.09. The highest BCUT2D eigenvalue weighted by atomic mass is 32.1. The minimum atomic E-state index is -0.0932. The van der Waals surface area contributed by atoms with E-state index >= 15 is 0 Å². The lowest BCUT2D eigenvalue weighted by Crippen LogP contribution is -2.59. The maximum absolute atomic E-state index is 12.5. The molecule has 1 aromatic heterocycles. The van der Waals surface area contributed by atoms with Gasteiger partial charge in [0, 0.05) is 42.7 Å². The first kappa shape index (κ1) is 15.8. The van der Waals surface area contributed by atoms with Gasteiger partial charge >= 0.3 is 0 Å². The summed E-state index contributed by atoms with van der Waals surface area (Å²) in [5, 5.41) is 3.54. The smallest absolute Gasteiger partial charge is 0.243 e. The third-order valence-corrected chi connectivity index (χ3v) is 4.98. The first-order valence-corrected chi connectivity index (χ1v) is 8.71. The number of carbonyl (C=O) groups is 1. The maximum Gasteiger partial charge on any atom is 0.243 e. The van der Waals surface area contributed by atoms with E-state index in [0.717, 1.165) is 44.8 Å². The molecule has 0 bridgehead atoms. The van der Waals surface area contributed by atoms with Gasteiger partial charge in [-0.2, -0.15) is 4.37 Å². The van der Waals surface area contributed by atoms with Gasteiger partial charge in [0.2, 0.25) is 11.0 Å². The molecule has 1 N–H and O–H groups in total. The third kappa shape index (κ3) is 3.31. The number of amides is 1. The number of rotatable bonds is 3. The summed E-state index contributed by atoms with van der Waals surface area (Å²) in [5.41, 5.74) is -0.0932. The number of anilines is 1. The largest absolute Gasteiger partial charge is 0.381 e. The van der Waals surface area contributed by atoms with Crippen molar-refractivity contribution >= 4 is 22.6 Å². The zero-order valence-electron chi connectivity index (χ0n) is 13.5. The summed E-state index contributed by atoms with van der Waals surface area (Å²) in [4.78, 5) is 19.2. The van der Waals surface area contributed by atoms with E-state index in [9.17, 15) is 4.79 Å². The number of aromatic nitrogens is 2. The van der Waals surface area contributed by atoms with Gasteiger partial charge < -0.3 is 4.74 Å². The lowest BCUT2D eigenvalue weighted by molar-refractivity contribution is -0.129. The average molecular weight is 324 g/mol. The molecule has 122 valence electrons. The Kier molecular flexibility index (Phi) is 4.47. The van der Waals surface area contributed by atoms with Crippen molar-refractivity contribution in [1.29, 1.82) is 0 Å². The Hall–Kier alpha value is -1.05. The van der Waals surface area contributed by atoms with Gasteiger partial charge in [0.05, 0.1) is 6.04 Å². The molecule has 2 saturated heterocycles. The lowest BCUT2D eigenvalue weighted by atomic mass is 9.95. The number of ether oxygens (including phenoxy) is 1. The first-order valence-electron chi connectivity index (χ1n) is 7.94. The Morgan fingerprint density at radius 1 is 1.32 bits per heavy atom. The quantitative estimate of drug-likeness (QED) is 0.921. The van der Waals surface area contributed by atoms with Gasteiger partial charge in [-0.1, -0.05) is 20.8 Å². The van der Waals surface area contributed by atoms with Crippen LogP contribution < -0.4 is 5.32 Å². The van der Waals surface area contributed by atoms with Crippen molar-refractivity contribution in [2.75, 3.05) is 25.1 Å². The van der Waals surface area contributed by atoms with Crippen LogP contribution in [0.2, 0.25) is 0 Å². The Bertz CT molecular complexity index is 534. The van der Waals surface area contributed by atoms with Gasteiger partial charge in [0.15, 0.2) is 0 Å². The molecule has 0 saturated carbocycles. The molecule has 0 aromatic carbocycles. The van der Waals surface area contributed by atoms with Gasteiger partial charge in [-0.05, 0) is 19.3 Å². The van der Waals surface area contributed by atoms with Crippen LogP contribution in [-0.4, -0.2) is 52.0 Å². The fourth-order valence-corrected chi connectivity index (χ4v) is 3.67. The van der Waals surface area contributed by atoms with E-state index in [1.165, 1.54) is 11.5 Å². The lowest BCUT2D eigenvalue weighted by Gasteiger charge is -2.46. The highest BCUT2D eigenvalue weighted by Crippen LogP contribution is 2.28. The highest BCUT2D eigenvalue weighted by Gasteiger charge is 2.39. The topological polar surface area (TPSA) is 67.4 Å². The number of nitrogens with one attached hydrogen (secondary N) is 1. The number of hydrogen-bond acceptors (Lipinski definition) is 6. The van der Waals surface area contributed by atoms with Crippen molar-refractivity contribution in [3.63, 3.8) is 0 Å². The Morgan fingerprint density at radius 2 is 2.05 bits per heavy atom. The normalized spacial score (nSPS) is 24.0. The molecule has 0 radical (unpaired) electrons. The molecule has 2 aliphatic heterocycles. The summed E-state index contributed by atoms with van der Waals surface area (Å²) in [5.74, 6) is 0.831. The van der Waals surface area contributed by atoms with E-state index in [1.807, 2.05) is 0 Å². The summed E-state index contributed by atoms with van der Waals surface area (Å²) in [7, 11) is 0. The fraction of sp³-hybridized carbons (Fsp3) is 0.800. The first-order chi connectivity index (χ1) is 10.4. The van der Waals surface area contributed by atoms with Gasteiger partial charge in [-0.15, -0.1) is 0 Å². The molecule has 3 heterocycles. The molecule has 1 amide bonds. The minimum absolute atomic E-state index is 0.0231. The van der Waals surface area contributed by atoms with E-state index in [4.69, 9.17) is 4.74 Å². The average Bonchev–Trinajstić information content (AvgIpc) is 2.87. The van der Waals surface area contributed by atoms with Crippen molar-refractivity contribution < 1.29 is 9.53 Å². The van der Waals surface area contributed by atoms with Crippen molar-refractivity contribution in [3.8, 4) is 0 Å². The van der Waals surface area contributed by atoms with Crippen LogP contribution in [0, 0.1) is 0 Å². The number of nitrogens with zero attached hydrogens (tertiary/aromatic N) is 3. The van der Waals surface area contributed by atoms with Crippen LogP contribution in [0.25, 0.3) is 0 Å². The van der Waals surface area contributed by atoms with Crippen LogP contribution >= 0.6 is 11.5 Å². The number of hydrogen-bond donors (Lipinski definition) is 1. The van der Waals surface area contributed by atoms with Crippen LogP contribution in [0.4, 0.5) is 5.13 Å². The summed E-state index contributed by atoms with van der Waals surface area (Å²) < 4.78 is 9.74. The zero-order valence-corrected chi connectivity index (χ0v) is 14.3. The monoisotopic (exact) mass is 324 g/mol. The van der Waals surface area contributed by atoms with Crippen molar-refractivity contribution in [3.05, 3.63) is 5.82 Å². The molecule has 7 heteroatoms. The molecule has 2 aliphatic rings. The Morgan fingerprint density at radius 3 is 2.59 bits per heavy atom. The summed E-state index contributed by atoms with van der Waals surface area (Å²) in [6.45, 7) is 8.83. The van der Waals surface area contributed by atoms with E-state index in [2.05, 4.69) is 40.3 Å². The number of likely N-dealkylation sites (tertiary alicyclic amines) is 1. The second-order valence-electron chi connectivity index (χ2n) is 7.05. The molecule has 22 heavy (non-hydrogen) atoms. The van der Waals surface area contributed by atoms with E-state index in [-0.39, 0.29) is 17.4 Å². The maximum atomic E-state index is 12.5. The van der Waals surface area contributed by atoms with Crippen LogP contribution in [0.3, 0.4) is 0 Å². The molecular weight excluding hydrogens is 300 g/mol. The number of carbonyl (C=O) groups excluding carboxylic acids is 1. The molecular formula is C15H24N4O2S. The molecule has 1 atom stereocenters. The van der Waals surface area contributed by atoms with E-state index in [1.54, 1.807) is 0 Å². The van der Waals surface area contributed by atoms with Gasteiger partial charge in [-0.3, -0.25) is 15.0 Å². The second kappa shape index (κ2) is 6.22. The second-order valence-corrected chi connectivity index (χ2v) is 7.80. The van der Waals surface area contributed by atoms with Crippen LogP contribution in [0.1, 0.15) is 45.9 Å². The fourth-order valence-electron chi connectivity index (χ4n) is 2.91. The standard InChI is InChI=1S/C15H24N4O2S/c1-15(2,3)13-17-14(22-18-13)16-12(20)11-4-7-19(11)10-5-8-21-9-6-10/h10-11H,4-9H2,1-3H3,(H,16,17,18,20)/t11-/m0/s1. The van der Waals surface area contributed by atoms with Crippen molar-refractivity contribution in [2.24, 2.45) is 0 Å². The molecule has 3 rings (SSSR count). The minimum Gasteiger partial charge on any atom is -0.381 e. The third-order valence-electron chi connectivity index (χ3n) is 4.35. The molecule has 2 fully saturated rings. The zero-order chi connectivity index (χ0) is 15.7. The summed E-state index contributed by atoms with van der Waals surface area (Å²) in [6.07, 6.45) is 2.97. The summed E-state index contributed by atoms with van der Waals surface area (Å²) in [6, 6.07) is 0.461. The van der Waals surface area contributed by atoms with Crippen LogP contribution in [0.5, 0.6) is 0 Å². The molecule has 0 unspecified atom stereocenters. The summed E-state index contributed by atoms with van der Waals surface area (Å²) >= 11 is 1.26. The predicted molar refractivity (Wildman–Crippen MR) is 86.2 cm³/mol. The van der Waals surface area contributed by atoms with Crippen LogP contribution in [-0.2, 0) is 14.9 Å². The van der Waals surface area contributed by atoms with Gasteiger partial charge in [0.25, 0.3) is 0 Å². The SMILES string of the molecule is CC(C)(C)c1nsc(NC(=O)[C@@H]2CCN2C2CCOCC2)n1. The molecule has 0 aliphatic carbocycles. The van der Waals surface area contributed by atoms with Crippen LogP contribution in [0.15, 0.2) is 0 Å². The Labute approximate surface area is 135 Å². The van der Waals surface area contributed by atoms with E-state index < -0.39 is 0 Å². The molecule has 0 spiro atoms. The molecule has 6 nitrogen and oxygen atoms in total. The van der Waals surface area contributed by atoms with Gasteiger partial charge in [0.1, 0.15) is 5.82 Å². The van der Waals surface area contributed by atoms with E-state index in [0.29, 0.717) is 11.2 Å². The predicted octanol–water partition coefficient (Wildman–Crippen LogP) is 2.03. The van der Waals surface area contributed by atoms with Crippen molar-refractivity contribution in [1.82, 2.24) is 14.3 Å². The van der Waals surface area contributed by atoms with Crippen molar-refractivity contribution in [2.45, 2.75) is 57.5 Å².